The van der Waals surface area contributed by atoms with Crippen molar-refractivity contribution in [3.63, 3.8) is 0 Å². The van der Waals surface area contributed by atoms with E-state index >= 15 is 0 Å². The fourth-order valence-electron chi connectivity index (χ4n) is 2.67. The number of aliphatic carboxylic acids is 1. The first-order valence-corrected chi connectivity index (χ1v) is 9.08. The Morgan fingerprint density at radius 2 is 2.12 bits per heavy atom. The van der Waals surface area contributed by atoms with Crippen molar-refractivity contribution < 1.29 is 14.7 Å². The van der Waals surface area contributed by atoms with Crippen LogP contribution >= 0.6 is 11.8 Å². The van der Waals surface area contributed by atoms with Gasteiger partial charge in [0.15, 0.2) is 5.16 Å². The van der Waals surface area contributed by atoms with Crippen LogP contribution in [-0.2, 0) is 16.1 Å². The lowest BCUT2D eigenvalue weighted by atomic mass is 10.2. The minimum atomic E-state index is -1.13. The first kappa shape index (κ1) is 17.5. The van der Waals surface area contributed by atoms with Gasteiger partial charge in [-0.2, -0.15) is 0 Å². The Bertz CT molecular complexity index is 876. The minimum Gasteiger partial charge on any atom is -0.480 e. The molecule has 0 aliphatic heterocycles. The van der Waals surface area contributed by atoms with Crippen LogP contribution in [0.15, 0.2) is 34.2 Å². The second-order valence-corrected chi connectivity index (χ2v) is 7.12. The highest BCUT2D eigenvalue weighted by Crippen LogP contribution is 2.32. The van der Waals surface area contributed by atoms with Gasteiger partial charge in [0.1, 0.15) is 6.54 Å². The van der Waals surface area contributed by atoms with Gasteiger partial charge >= 0.3 is 5.97 Å². The van der Waals surface area contributed by atoms with Gasteiger partial charge in [-0.3, -0.25) is 19.0 Å². The number of amides is 1. The standard InChI is InChI=1S/C17H19N3O4S/c1-10(11-6-7-11)18-14(21)9-25-17-19-13-5-3-2-4-12(13)16(24)20(17)8-15(22)23/h2-5,10-11H,6-9H2,1H3,(H,18,21)(H,22,23). The van der Waals surface area contributed by atoms with Gasteiger partial charge < -0.3 is 10.4 Å². The number of carboxylic acid groups (broad SMARTS) is 1. The zero-order chi connectivity index (χ0) is 18.0. The molecule has 0 saturated heterocycles. The van der Waals surface area contributed by atoms with Gasteiger partial charge in [0.05, 0.1) is 16.7 Å². The normalized spacial score (nSPS) is 15.1. The number of para-hydroxylation sites is 1. The van der Waals surface area contributed by atoms with E-state index in [-0.39, 0.29) is 22.9 Å². The number of benzene rings is 1. The van der Waals surface area contributed by atoms with Crippen LogP contribution in [-0.4, -0.2) is 38.3 Å². The lowest BCUT2D eigenvalue weighted by Gasteiger charge is -2.14. The van der Waals surface area contributed by atoms with Gasteiger partial charge in [-0.1, -0.05) is 23.9 Å². The number of fused-ring (bicyclic) bond motifs is 1. The predicted molar refractivity (Wildman–Crippen MR) is 94.7 cm³/mol. The van der Waals surface area contributed by atoms with E-state index in [4.69, 9.17) is 5.11 Å². The van der Waals surface area contributed by atoms with Crippen LogP contribution in [0, 0.1) is 5.92 Å². The molecule has 2 N–H and O–H groups in total. The molecule has 0 bridgehead atoms. The van der Waals surface area contributed by atoms with Gasteiger partial charge in [0, 0.05) is 6.04 Å². The molecule has 1 aromatic carbocycles. The van der Waals surface area contributed by atoms with Crippen molar-refractivity contribution >= 4 is 34.5 Å². The molecule has 25 heavy (non-hydrogen) atoms. The van der Waals surface area contributed by atoms with Gasteiger partial charge in [0.2, 0.25) is 5.91 Å². The molecule has 7 nitrogen and oxygen atoms in total. The van der Waals surface area contributed by atoms with E-state index in [9.17, 15) is 14.4 Å². The molecule has 1 amide bonds. The molecule has 0 spiro atoms. The maximum Gasteiger partial charge on any atom is 0.323 e. The van der Waals surface area contributed by atoms with Crippen LogP contribution in [0.1, 0.15) is 19.8 Å². The molecule has 0 radical (unpaired) electrons. The zero-order valence-corrected chi connectivity index (χ0v) is 14.6. The SMILES string of the molecule is CC(NC(=O)CSc1nc2ccccc2c(=O)n1CC(=O)O)C1CC1. The summed E-state index contributed by atoms with van der Waals surface area (Å²) in [7, 11) is 0. The van der Waals surface area contributed by atoms with Crippen LogP contribution in [0.2, 0.25) is 0 Å². The van der Waals surface area contributed by atoms with E-state index in [0.29, 0.717) is 16.8 Å². The number of carbonyl (C=O) groups is 2. The fraction of sp³-hybridized carbons (Fsp3) is 0.412. The maximum atomic E-state index is 12.6. The summed E-state index contributed by atoms with van der Waals surface area (Å²) in [6.07, 6.45) is 2.28. The number of hydrogen-bond acceptors (Lipinski definition) is 5. The zero-order valence-electron chi connectivity index (χ0n) is 13.8. The second-order valence-electron chi connectivity index (χ2n) is 6.18. The van der Waals surface area contributed by atoms with Crippen LogP contribution in [0.3, 0.4) is 0 Å². The predicted octanol–water partition coefficient (Wildman–Crippen LogP) is 1.49. The average Bonchev–Trinajstić information content (AvgIpc) is 3.40. The van der Waals surface area contributed by atoms with E-state index in [1.54, 1.807) is 24.3 Å². The Hall–Kier alpha value is -2.35. The Morgan fingerprint density at radius 1 is 1.40 bits per heavy atom. The largest absolute Gasteiger partial charge is 0.480 e. The maximum absolute atomic E-state index is 12.6. The molecule has 132 valence electrons. The molecular weight excluding hydrogens is 342 g/mol. The monoisotopic (exact) mass is 361 g/mol. The molecule has 3 rings (SSSR count). The molecule has 1 atom stereocenters. The van der Waals surface area contributed by atoms with Gasteiger partial charge in [-0.15, -0.1) is 0 Å². The summed E-state index contributed by atoms with van der Waals surface area (Å²) in [4.78, 5) is 40.1. The fourth-order valence-corrected chi connectivity index (χ4v) is 3.48. The Kier molecular flexibility index (Phi) is 5.08. The third-order valence-corrected chi connectivity index (χ3v) is 5.15. The van der Waals surface area contributed by atoms with Crippen molar-refractivity contribution in [3.8, 4) is 0 Å². The van der Waals surface area contributed by atoms with E-state index in [1.807, 2.05) is 6.92 Å². The molecule has 1 saturated carbocycles. The topological polar surface area (TPSA) is 101 Å². The lowest BCUT2D eigenvalue weighted by Crippen LogP contribution is -2.35. The van der Waals surface area contributed by atoms with E-state index in [0.717, 1.165) is 29.2 Å². The first-order chi connectivity index (χ1) is 12.0. The van der Waals surface area contributed by atoms with E-state index in [1.165, 1.54) is 0 Å². The molecule has 8 heteroatoms. The van der Waals surface area contributed by atoms with Crippen molar-refractivity contribution in [2.24, 2.45) is 5.92 Å². The van der Waals surface area contributed by atoms with Crippen molar-refractivity contribution in [1.29, 1.82) is 0 Å². The van der Waals surface area contributed by atoms with Crippen LogP contribution < -0.4 is 10.9 Å². The van der Waals surface area contributed by atoms with E-state index in [2.05, 4.69) is 10.3 Å². The number of thioether (sulfide) groups is 1. The highest BCUT2D eigenvalue weighted by molar-refractivity contribution is 7.99. The average molecular weight is 361 g/mol. The molecule has 1 aliphatic carbocycles. The lowest BCUT2D eigenvalue weighted by molar-refractivity contribution is -0.137. The molecule has 1 aromatic heterocycles. The smallest absolute Gasteiger partial charge is 0.323 e. The van der Waals surface area contributed by atoms with Crippen molar-refractivity contribution in [2.75, 3.05) is 5.75 Å². The summed E-state index contributed by atoms with van der Waals surface area (Å²) in [5.41, 5.74) is 0.0747. The number of hydrogen-bond donors (Lipinski definition) is 2. The number of carboxylic acids is 1. The molecule has 1 unspecified atom stereocenters. The number of carbonyl (C=O) groups excluding carboxylic acids is 1. The van der Waals surface area contributed by atoms with Gasteiger partial charge in [-0.05, 0) is 37.8 Å². The summed E-state index contributed by atoms with van der Waals surface area (Å²) in [5, 5.41) is 12.6. The Labute approximate surface area is 148 Å². The summed E-state index contributed by atoms with van der Waals surface area (Å²) in [5.74, 6) is -0.638. The van der Waals surface area contributed by atoms with E-state index < -0.39 is 18.1 Å². The number of nitrogens with zero attached hydrogens (tertiary/aromatic N) is 2. The number of aromatic nitrogens is 2. The quantitative estimate of drug-likeness (QED) is 0.572. The molecular formula is C17H19N3O4S. The Morgan fingerprint density at radius 3 is 2.80 bits per heavy atom. The highest BCUT2D eigenvalue weighted by Gasteiger charge is 2.28. The summed E-state index contributed by atoms with van der Waals surface area (Å²) < 4.78 is 1.10. The summed E-state index contributed by atoms with van der Waals surface area (Å²) in [6.45, 7) is 1.49. The number of rotatable bonds is 7. The Balaban J connectivity index is 1.82. The number of nitrogens with one attached hydrogen (secondary N) is 1. The first-order valence-electron chi connectivity index (χ1n) is 8.09. The third-order valence-electron chi connectivity index (χ3n) is 4.17. The molecule has 1 aliphatic rings. The molecule has 1 heterocycles. The van der Waals surface area contributed by atoms with Crippen molar-refractivity contribution in [3.05, 3.63) is 34.6 Å². The minimum absolute atomic E-state index is 0.0848. The highest BCUT2D eigenvalue weighted by atomic mass is 32.2. The van der Waals surface area contributed by atoms with Gasteiger partial charge in [-0.25, -0.2) is 4.98 Å². The van der Waals surface area contributed by atoms with Crippen LogP contribution in [0.25, 0.3) is 10.9 Å². The van der Waals surface area contributed by atoms with Crippen molar-refractivity contribution in [1.82, 2.24) is 14.9 Å². The van der Waals surface area contributed by atoms with Gasteiger partial charge in [0.25, 0.3) is 5.56 Å². The summed E-state index contributed by atoms with van der Waals surface area (Å²) in [6, 6.07) is 6.91. The van der Waals surface area contributed by atoms with Crippen LogP contribution in [0.4, 0.5) is 0 Å². The molecule has 2 aromatic rings. The summed E-state index contributed by atoms with van der Waals surface area (Å²) >= 11 is 1.08. The second kappa shape index (κ2) is 7.26. The third kappa shape index (κ3) is 4.19. The van der Waals surface area contributed by atoms with Crippen molar-refractivity contribution in [2.45, 2.75) is 37.5 Å². The molecule has 1 fully saturated rings. The van der Waals surface area contributed by atoms with Crippen LogP contribution in [0.5, 0.6) is 0 Å².